The number of benzene rings is 1. The van der Waals surface area contributed by atoms with Crippen LogP contribution < -0.4 is 15.8 Å². The average molecular weight is 252 g/mol. The lowest BCUT2D eigenvalue weighted by molar-refractivity contribution is -0.123. The summed E-state index contributed by atoms with van der Waals surface area (Å²) in [6, 6.07) is 4.39. The minimum atomic E-state index is -0.412. The normalized spacial score (nSPS) is 16.2. The fourth-order valence-electron chi connectivity index (χ4n) is 1.61. The number of amides is 1. The van der Waals surface area contributed by atoms with Crippen LogP contribution in [0, 0.1) is 5.82 Å². The van der Waals surface area contributed by atoms with Crippen molar-refractivity contribution in [3.05, 3.63) is 29.6 Å². The highest BCUT2D eigenvalue weighted by Gasteiger charge is 2.23. The van der Waals surface area contributed by atoms with Gasteiger partial charge in [-0.3, -0.25) is 4.79 Å². The van der Waals surface area contributed by atoms with Crippen molar-refractivity contribution in [3.63, 3.8) is 0 Å². The highest BCUT2D eigenvalue weighted by Crippen LogP contribution is 2.21. The molecular weight excluding hydrogens is 235 g/mol. The van der Waals surface area contributed by atoms with Gasteiger partial charge in [-0.15, -0.1) is 0 Å². The van der Waals surface area contributed by atoms with Crippen molar-refractivity contribution in [2.45, 2.75) is 31.8 Å². The fourth-order valence-corrected chi connectivity index (χ4v) is 1.61. The Morgan fingerprint density at radius 2 is 2.33 bits per heavy atom. The van der Waals surface area contributed by atoms with Crippen LogP contribution in [0.25, 0.3) is 0 Å². The maximum atomic E-state index is 13.6. The van der Waals surface area contributed by atoms with Crippen molar-refractivity contribution < 1.29 is 13.9 Å². The van der Waals surface area contributed by atoms with Gasteiger partial charge in [0.1, 0.15) is 11.6 Å². The molecule has 0 aromatic heterocycles. The molecule has 1 atom stereocenters. The molecule has 1 amide bonds. The van der Waals surface area contributed by atoms with Gasteiger partial charge in [0.15, 0.2) is 6.61 Å². The molecule has 1 fully saturated rings. The molecule has 1 aromatic rings. The first-order valence-electron chi connectivity index (χ1n) is 6.03. The summed E-state index contributed by atoms with van der Waals surface area (Å²) in [5.74, 6) is -0.248. The van der Waals surface area contributed by atoms with Crippen LogP contribution in [-0.2, 0) is 4.79 Å². The highest BCUT2D eigenvalue weighted by atomic mass is 19.1. The lowest BCUT2D eigenvalue weighted by atomic mass is 10.1. The standard InChI is InChI=1S/C13H17FN2O2/c1-8(15)11-5-4-10(6-12(11)14)18-7-13(17)16-9-2-3-9/h4-6,8-9H,2-3,7,15H2,1H3,(H,16,17)/t8-/m0/s1. The van der Waals surface area contributed by atoms with Crippen molar-refractivity contribution in [3.8, 4) is 5.75 Å². The van der Waals surface area contributed by atoms with Crippen molar-refractivity contribution in [2.75, 3.05) is 6.61 Å². The fraction of sp³-hybridized carbons (Fsp3) is 0.462. The van der Waals surface area contributed by atoms with Gasteiger partial charge in [0, 0.05) is 23.7 Å². The monoisotopic (exact) mass is 252 g/mol. The molecule has 3 N–H and O–H groups in total. The van der Waals surface area contributed by atoms with Crippen LogP contribution in [0.2, 0.25) is 0 Å². The summed E-state index contributed by atoms with van der Waals surface area (Å²) >= 11 is 0. The van der Waals surface area contributed by atoms with Gasteiger partial charge >= 0.3 is 0 Å². The molecule has 1 aliphatic carbocycles. The van der Waals surface area contributed by atoms with E-state index in [0.717, 1.165) is 12.8 Å². The van der Waals surface area contributed by atoms with E-state index in [1.807, 2.05) is 0 Å². The zero-order chi connectivity index (χ0) is 13.1. The topological polar surface area (TPSA) is 64.3 Å². The Labute approximate surface area is 105 Å². The molecule has 0 unspecified atom stereocenters. The molecular formula is C13H17FN2O2. The zero-order valence-corrected chi connectivity index (χ0v) is 10.3. The van der Waals surface area contributed by atoms with E-state index >= 15 is 0 Å². The first-order valence-corrected chi connectivity index (χ1v) is 6.03. The molecule has 0 radical (unpaired) electrons. The molecule has 5 heteroatoms. The minimum Gasteiger partial charge on any atom is -0.484 e. The Balaban J connectivity index is 1.88. The Morgan fingerprint density at radius 1 is 1.61 bits per heavy atom. The number of nitrogens with one attached hydrogen (secondary N) is 1. The van der Waals surface area contributed by atoms with E-state index in [1.54, 1.807) is 19.1 Å². The Kier molecular flexibility index (Phi) is 3.81. The first kappa shape index (κ1) is 12.8. The number of hydrogen-bond donors (Lipinski definition) is 2. The number of nitrogens with two attached hydrogens (primary N) is 1. The van der Waals surface area contributed by atoms with E-state index in [9.17, 15) is 9.18 Å². The Morgan fingerprint density at radius 3 is 2.89 bits per heavy atom. The van der Waals surface area contributed by atoms with Gasteiger partial charge < -0.3 is 15.8 Å². The van der Waals surface area contributed by atoms with Crippen molar-refractivity contribution in [1.29, 1.82) is 0 Å². The highest BCUT2D eigenvalue weighted by molar-refractivity contribution is 5.78. The number of halogens is 1. The third kappa shape index (κ3) is 3.43. The van der Waals surface area contributed by atoms with E-state index in [4.69, 9.17) is 10.5 Å². The molecule has 0 bridgehead atoms. The van der Waals surface area contributed by atoms with Crippen LogP contribution in [0.1, 0.15) is 31.4 Å². The second-order valence-corrected chi connectivity index (χ2v) is 4.60. The van der Waals surface area contributed by atoms with Gasteiger partial charge in [0.2, 0.25) is 0 Å². The molecule has 0 aliphatic heterocycles. The van der Waals surface area contributed by atoms with Crippen LogP contribution in [-0.4, -0.2) is 18.6 Å². The molecule has 1 aliphatic rings. The lowest BCUT2D eigenvalue weighted by Gasteiger charge is -2.10. The first-order chi connectivity index (χ1) is 8.56. The Bertz CT molecular complexity index is 445. The lowest BCUT2D eigenvalue weighted by Crippen LogP contribution is -2.30. The summed E-state index contributed by atoms with van der Waals surface area (Å²) < 4.78 is 18.8. The smallest absolute Gasteiger partial charge is 0.258 e. The SMILES string of the molecule is C[C@H](N)c1ccc(OCC(=O)NC2CC2)cc1F. The van der Waals surface area contributed by atoms with Crippen molar-refractivity contribution in [1.82, 2.24) is 5.32 Å². The van der Waals surface area contributed by atoms with Gasteiger partial charge in [0.05, 0.1) is 0 Å². The third-order valence-corrected chi connectivity index (χ3v) is 2.77. The third-order valence-electron chi connectivity index (χ3n) is 2.77. The van der Waals surface area contributed by atoms with E-state index in [2.05, 4.69) is 5.32 Å². The van der Waals surface area contributed by atoms with Crippen molar-refractivity contribution >= 4 is 5.91 Å². The summed E-state index contributed by atoms with van der Waals surface area (Å²) in [5, 5.41) is 2.79. The van der Waals surface area contributed by atoms with Gasteiger partial charge in [-0.05, 0) is 25.8 Å². The summed E-state index contributed by atoms with van der Waals surface area (Å²) in [6.45, 7) is 1.62. The van der Waals surface area contributed by atoms with Crippen LogP contribution >= 0.6 is 0 Å². The zero-order valence-electron chi connectivity index (χ0n) is 10.3. The van der Waals surface area contributed by atoms with E-state index in [-0.39, 0.29) is 18.6 Å². The molecule has 98 valence electrons. The van der Waals surface area contributed by atoms with Crippen LogP contribution in [0.5, 0.6) is 5.75 Å². The van der Waals surface area contributed by atoms with Crippen LogP contribution in [0.4, 0.5) is 4.39 Å². The van der Waals surface area contributed by atoms with Gasteiger partial charge in [0.25, 0.3) is 5.91 Å². The predicted octanol–water partition coefficient (Wildman–Crippen LogP) is 1.50. The number of hydrogen-bond acceptors (Lipinski definition) is 3. The number of carbonyl (C=O) groups excluding carboxylic acids is 1. The van der Waals surface area contributed by atoms with Gasteiger partial charge in [-0.2, -0.15) is 0 Å². The number of rotatable bonds is 5. The maximum absolute atomic E-state index is 13.6. The van der Waals surface area contributed by atoms with Gasteiger partial charge in [-0.25, -0.2) is 4.39 Å². The van der Waals surface area contributed by atoms with E-state index in [1.165, 1.54) is 6.07 Å². The summed E-state index contributed by atoms with van der Waals surface area (Å²) in [5.41, 5.74) is 6.04. The molecule has 18 heavy (non-hydrogen) atoms. The number of ether oxygens (including phenoxy) is 1. The molecule has 1 aromatic carbocycles. The summed E-state index contributed by atoms with van der Waals surface area (Å²) in [7, 11) is 0. The Hall–Kier alpha value is -1.62. The van der Waals surface area contributed by atoms with Gasteiger partial charge in [-0.1, -0.05) is 6.07 Å². The molecule has 0 spiro atoms. The van der Waals surface area contributed by atoms with Crippen LogP contribution in [0.3, 0.4) is 0 Å². The summed E-state index contributed by atoms with van der Waals surface area (Å²) in [4.78, 5) is 11.4. The molecule has 0 saturated heterocycles. The second-order valence-electron chi connectivity index (χ2n) is 4.60. The predicted molar refractivity (Wildman–Crippen MR) is 65.7 cm³/mol. The second kappa shape index (κ2) is 5.35. The average Bonchev–Trinajstić information content (AvgIpc) is 3.10. The quantitative estimate of drug-likeness (QED) is 0.834. The molecule has 2 rings (SSSR count). The number of carbonyl (C=O) groups is 1. The molecule has 1 saturated carbocycles. The maximum Gasteiger partial charge on any atom is 0.258 e. The van der Waals surface area contributed by atoms with E-state index in [0.29, 0.717) is 17.4 Å². The molecule has 0 heterocycles. The minimum absolute atomic E-state index is 0.0898. The largest absolute Gasteiger partial charge is 0.484 e. The molecule has 4 nitrogen and oxygen atoms in total. The van der Waals surface area contributed by atoms with Crippen LogP contribution in [0.15, 0.2) is 18.2 Å². The van der Waals surface area contributed by atoms with E-state index < -0.39 is 5.82 Å². The summed E-state index contributed by atoms with van der Waals surface area (Å²) in [6.07, 6.45) is 2.06. The van der Waals surface area contributed by atoms with Crippen molar-refractivity contribution in [2.24, 2.45) is 5.73 Å².